The van der Waals surface area contributed by atoms with Gasteiger partial charge in [0.25, 0.3) is 0 Å². The van der Waals surface area contributed by atoms with Crippen molar-refractivity contribution in [3.05, 3.63) is 50.5 Å². The molecule has 0 aliphatic carbocycles. The summed E-state index contributed by atoms with van der Waals surface area (Å²) in [6, 6.07) is 7.27. The smallest absolute Gasteiger partial charge is 0.345 e. The minimum absolute atomic E-state index is 0.257. The Bertz CT molecular complexity index is 710. The third-order valence-electron chi connectivity index (χ3n) is 2.73. The lowest BCUT2D eigenvalue weighted by molar-refractivity contribution is 0.0525. The highest BCUT2D eigenvalue weighted by Crippen LogP contribution is 2.29. The quantitative estimate of drug-likeness (QED) is 0.874. The number of nitrogens with zero attached hydrogens (tertiary/aromatic N) is 1. The number of carbonyl (C=O) groups is 1. The van der Waals surface area contributed by atoms with Crippen LogP contribution in [0.3, 0.4) is 0 Å². The second-order valence-corrected chi connectivity index (χ2v) is 4.95. The lowest BCUT2D eigenvalue weighted by Crippen LogP contribution is -2.19. The molecule has 0 unspecified atom stereocenters. The average Bonchev–Trinajstić information content (AvgIpc) is 2.38. The van der Waals surface area contributed by atoms with Gasteiger partial charge in [0.2, 0.25) is 0 Å². The first kappa shape index (κ1) is 14.5. The molecule has 1 aromatic heterocycles. The van der Waals surface area contributed by atoms with Crippen LogP contribution in [0.4, 0.5) is 0 Å². The molecule has 0 radical (unpaired) electrons. The monoisotopic (exact) mass is 336 g/mol. The molecule has 20 heavy (non-hydrogen) atoms. The van der Waals surface area contributed by atoms with Crippen LogP contribution in [0.5, 0.6) is 0 Å². The Morgan fingerprint density at radius 2 is 2.10 bits per heavy atom. The Balaban J connectivity index is 2.72. The standard InChI is InChI=1S/C14H13BrN2O3/c1-3-20-13(18)11-8(2)16-14(19)17-12(11)9-6-4-5-7-10(9)15/h4-7H,3H2,1-2H3,(H,16,17,19). The lowest BCUT2D eigenvalue weighted by Gasteiger charge is -2.11. The molecule has 2 rings (SSSR count). The normalized spacial score (nSPS) is 10.3. The van der Waals surface area contributed by atoms with Gasteiger partial charge >= 0.3 is 11.7 Å². The first-order chi connectivity index (χ1) is 9.54. The van der Waals surface area contributed by atoms with Crippen molar-refractivity contribution in [3.8, 4) is 11.3 Å². The highest BCUT2D eigenvalue weighted by molar-refractivity contribution is 9.10. The zero-order valence-corrected chi connectivity index (χ0v) is 12.7. The molecule has 1 aromatic carbocycles. The van der Waals surface area contributed by atoms with E-state index >= 15 is 0 Å². The maximum atomic E-state index is 12.1. The molecule has 0 saturated carbocycles. The van der Waals surface area contributed by atoms with E-state index in [0.29, 0.717) is 17.0 Å². The number of nitrogens with one attached hydrogen (secondary N) is 1. The van der Waals surface area contributed by atoms with E-state index in [9.17, 15) is 9.59 Å². The van der Waals surface area contributed by atoms with Gasteiger partial charge in [-0.2, -0.15) is 4.98 Å². The van der Waals surface area contributed by atoms with Crippen molar-refractivity contribution in [3.63, 3.8) is 0 Å². The van der Waals surface area contributed by atoms with Crippen molar-refractivity contribution in [1.29, 1.82) is 0 Å². The van der Waals surface area contributed by atoms with Crippen LogP contribution < -0.4 is 5.69 Å². The number of carbonyl (C=O) groups excluding carboxylic acids is 1. The van der Waals surface area contributed by atoms with E-state index in [0.717, 1.165) is 4.47 Å². The maximum Gasteiger partial charge on any atom is 0.345 e. The number of halogens is 1. The maximum absolute atomic E-state index is 12.1. The zero-order chi connectivity index (χ0) is 14.7. The summed E-state index contributed by atoms with van der Waals surface area (Å²) in [4.78, 5) is 30.1. The molecular weight excluding hydrogens is 324 g/mol. The van der Waals surface area contributed by atoms with Crippen LogP contribution in [-0.4, -0.2) is 22.5 Å². The highest BCUT2D eigenvalue weighted by Gasteiger charge is 2.20. The topological polar surface area (TPSA) is 72.0 Å². The van der Waals surface area contributed by atoms with Gasteiger partial charge in [0.15, 0.2) is 0 Å². The Morgan fingerprint density at radius 1 is 1.40 bits per heavy atom. The van der Waals surface area contributed by atoms with Crippen molar-refractivity contribution in [1.82, 2.24) is 9.97 Å². The largest absolute Gasteiger partial charge is 0.462 e. The molecular formula is C14H13BrN2O3. The molecule has 0 aliphatic rings. The molecule has 0 spiro atoms. The summed E-state index contributed by atoms with van der Waals surface area (Å²) < 4.78 is 5.79. The van der Waals surface area contributed by atoms with E-state index in [1.807, 2.05) is 18.2 Å². The van der Waals surface area contributed by atoms with E-state index in [1.165, 1.54) is 0 Å². The number of hydrogen-bond donors (Lipinski definition) is 1. The first-order valence-electron chi connectivity index (χ1n) is 6.07. The Labute approximate surface area is 124 Å². The van der Waals surface area contributed by atoms with Gasteiger partial charge in [0, 0.05) is 15.7 Å². The minimum atomic E-state index is -0.500. The number of esters is 1. The van der Waals surface area contributed by atoms with Gasteiger partial charge in [0.05, 0.1) is 12.3 Å². The van der Waals surface area contributed by atoms with Crippen molar-refractivity contribution in [2.24, 2.45) is 0 Å². The van der Waals surface area contributed by atoms with Gasteiger partial charge < -0.3 is 9.72 Å². The molecule has 2 aromatic rings. The number of rotatable bonds is 3. The average molecular weight is 337 g/mol. The highest BCUT2D eigenvalue weighted by atomic mass is 79.9. The fourth-order valence-electron chi connectivity index (χ4n) is 1.89. The number of aromatic nitrogens is 2. The number of hydrogen-bond acceptors (Lipinski definition) is 4. The fraction of sp³-hybridized carbons (Fsp3) is 0.214. The molecule has 0 saturated heterocycles. The SMILES string of the molecule is CCOC(=O)c1c(-c2ccccc2Br)nc(=O)[nH]c1C. The van der Waals surface area contributed by atoms with Gasteiger partial charge in [0.1, 0.15) is 5.56 Å². The van der Waals surface area contributed by atoms with Crippen molar-refractivity contribution in [2.75, 3.05) is 6.61 Å². The summed E-state index contributed by atoms with van der Waals surface area (Å²) in [7, 11) is 0. The number of aryl methyl sites for hydroxylation is 1. The van der Waals surface area contributed by atoms with Crippen LogP contribution in [0.1, 0.15) is 23.0 Å². The van der Waals surface area contributed by atoms with Crippen LogP contribution in [0.2, 0.25) is 0 Å². The van der Waals surface area contributed by atoms with E-state index in [4.69, 9.17) is 4.74 Å². The van der Waals surface area contributed by atoms with Crippen LogP contribution in [0, 0.1) is 6.92 Å². The molecule has 1 heterocycles. The summed E-state index contributed by atoms with van der Waals surface area (Å²) in [6.45, 7) is 3.63. The number of H-pyrrole nitrogens is 1. The predicted octanol–water partition coefficient (Wildman–Crippen LogP) is 2.68. The molecule has 0 bridgehead atoms. The van der Waals surface area contributed by atoms with E-state index in [1.54, 1.807) is 19.9 Å². The second-order valence-electron chi connectivity index (χ2n) is 4.09. The summed E-state index contributed by atoms with van der Waals surface area (Å²) in [5.41, 5.74) is 1.20. The molecule has 0 amide bonds. The van der Waals surface area contributed by atoms with Gasteiger partial charge in [-0.3, -0.25) is 0 Å². The van der Waals surface area contributed by atoms with Crippen molar-refractivity contribution < 1.29 is 9.53 Å². The van der Waals surface area contributed by atoms with Gasteiger partial charge in [-0.25, -0.2) is 9.59 Å². The molecule has 0 fully saturated rings. The molecule has 104 valence electrons. The number of aromatic amines is 1. The number of ether oxygens (including phenoxy) is 1. The van der Waals surface area contributed by atoms with Crippen molar-refractivity contribution >= 4 is 21.9 Å². The molecule has 5 nitrogen and oxygen atoms in total. The Hall–Kier alpha value is -1.95. The van der Waals surface area contributed by atoms with E-state index in [-0.39, 0.29) is 12.2 Å². The molecule has 1 N–H and O–H groups in total. The van der Waals surface area contributed by atoms with E-state index < -0.39 is 11.7 Å². The Morgan fingerprint density at radius 3 is 2.75 bits per heavy atom. The number of benzene rings is 1. The summed E-state index contributed by atoms with van der Waals surface area (Å²) >= 11 is 3.40. The molecule has 0 atom stereocenters. The lowest BCUT2D eigenvalue weighted by atomic mass is 10.0. The van der Waals surface area contributed by atoms with Crippen LogP contribution in [-0.2, 0) is 4.74 Å². The van der Waals surface area contributed by atoms with Crippen LogP contribution >= 0.6 is 15.9 Å². The minimum Gasteiger partial charge on any atom is -0.462 e. The van der Waals surface area contributed by atoms with Gasteiger partial charge in [-0.05, 0) is 19.9 Å². The van der Waals surface area contributed by atoms with E-state index in [2.05, 4.69) is 25.9 Å². The predicted molar refractivity (Wildman–Crippen MR) is 78.7 cm³/mol. The van der Waals surface area contributed by atoms with Gasteiger partial charge in [-0.1, -0.05) is 34.1 Å². The summed E-state index contributed by atoms with van der Waals surface area (Å²) in [5.74, 6) is -0.500. The van der Waals surface area contributed by atoms with Gasteiger partial charge in [-0.15, -0.1) is 0 Å². The third kappa shape index (κ3) is 2.80. The van der Waals surface area contributed by atoms with Crippen LogP contribution in [0.25, 0.3) is 11.3 Å². The summed E-state index contributed by atoms with van der Waals surface area (Å²) in [5, 5.41) is 0. The third-order valence-corrected chi connectivity index (χ3v) is 3.42. The molecule has 6 heteroatoms. The summed E-state index contributed by atoms with van der Waals surface area (Å²) in [6.07, 6.45) is 0. The second kappa shape index (κ2) is 6.00. The van der Waals surface area contributed by atoms with Crippen LogP contribution in [0.15, 0.2) is 33.5 Å². The van der Waals surface area contributed by atoms with Crippen molar-refractivity contribution in [2.45, 2.75) is 13.8 Å². The zero-order valence-electron chi connectivity index (χ0n) is 11.1. The first-order valence-corrected chi connectivity index (χ1v) is 6.86. The molecule has 0 aliphatic heterocycles. The fourth-order valence-corrected chi connectivity index (χ4v) is 2.36. The Kier molecular flexibility index (Phi) is 4.34.